The second-order valence-corrected chi connectivity index (χ2v) is 2.47. The highest BCUT2D eigenvalue weighted by atomic mass is 16.5. The number of carbonyl (C=O) groups is 1. The van der Waals surface area contributed by atoms with Gasteiger partial charge in [0.15, 0.2) is 0 Å². The first-order valence-corrected chi connectivity index (χ1v) is 3.54. The summed E-state index contributed by atoms with van der Waals surface area (Å²) in [6.45, 7) is 0.373. The quantitative estimate of drug-likeness (QED) is 0.530. The Morgan fingerprint density at radius 2 is 2.42 bits per heavy atom. The Bertz CT molecular complexity index is 161. The third-order valence-electron chi connectivity index (χ3n) is 1.34. The summed E-state index contributed by atoms with van der Waals surface area (Å²) in [5, 5.41) is 15.8. The predicted octanol–water partition coefficient (Wildman–Crippen LogP) is -0.898. The summed E-state index contributed by atoms with van der Waals surface area (Å²) in [6.07, 6.45) is 0.0170. The monoisotopic (exact) mass is 174 g/mol. The van der Waals surface area contributed by atoms with Gasteiger partial charge in [0, 0.05) is 20.7 Å². The molecule has 0 aliphatic heterocycles. The fraction of sp³-hybridized carbons (Fsp3) is 0.714. The number of nitrogens with one attached hydrogen (secondary N) is 1. The molecule has 5 heteroatoms. The largest absolute Gasteiger partial charge is 0.389 e. The maximum Gasteiger partial charge on any atom is 0.264 e. The van der Waals surface area contributed by atoms with Crippen LogP contribution in [0.3, 0.4) is 0 Å². The summed E-state index contributed by atoms with van der Waals surface area (Å²) in [4.78, 5) is 12.0. The molecule has 0 bridgehead atoms. The number of aliphatic hydroxyl groups is 1. The summed E-state index contributed by atoms with van der Waals surface area (Å²) in [5.74, 6) is -0.426. The molecule has 5 nitrogen and oxygen atoms in total. The number of aliphatic hydroxyl groups excluding tert-OH is 1. The second kappa shape index (κ2) is 5.68. The maximum absolute atomic E-state index is 10.8. The lowest BCUT2D eigenvalue weighted by molar-refractivity contribution is -0.124. The minimum Gasteiger partial charge on any atom is -0.389 e. The van der Waals surface area contributed by atoms with Crippen molar-refractivity contribution in [2.45, 2.75) is 6.10 Å². The minimum absolute atomic E-state index is 0.183. The zero-order valence-corrected chi connectivity index (χ0v) is 7.28. The van der Waals surface area contributed by atoms with E-state index >= 15 is 0 Å². The Morgan fingerprint density at radius 1 is 1.83 bits per heavy atom. The highest BCUT2D eigenvalue weighted by Crippen LogP contribution is 1.89. The Labute approximate surface area is 71.4 Å². The highest BCUT2D eigenvalue weighted by molar-refractivity contribution is 6.24. The molecule has 0 fully saturated rings. The number of rotatable bonds is 5. The molecule has 0 saturated heterocycles. The highest BCUT2D eigenvalue weighted by Gasteiger charge is 2.10. The van der Waals surface area contributed by atoms with Crippen LogP contribution in [0.5, 0.6) is 0 Å². The van der Waals surface area contributed by atoms with E-state index in [9.17, 15) is 4.79 Å². The van der Waals surface area contributed by atoms with Gasteiger partial charge in [0.25, 0.3) is 5.91 Å². The molecule has 0 aromatic carbocycles. The SMILES string of the molecule is COC[C@H](O)CN(C)C(=O)C=N. The van der Waals surface area contributed by atoms with Crippen LogP contribution in [0.1, 0.15) is 0 Å². The first-order valence-electron chi connectivity index (χ1n) is 3.54. The molecule has 0 rings (SSSR count). The Balaban J connectivity index is 3.74. The van der Waals surface area contributed by atoms with E-state index in [0.29, 0.717) is 6.21 Å². The molecule has 0 unspecified atom stereocenters. The van der Waals surface area contributed by atoms with Crippen LogP contribution in [0, 0.1) is 5.41 Å². The van der Waals surface area contributed by atoms with Crippen molar-refractivity contribution in [3.8, 4) is 0 Å². The van der Waals surface area contributed by atoms with Crippen LogP contribution in [0.25, 0.3) is 0 Å². The van der Waals surface area contributed by atoms with Crippen LogP contribution in [-0.4, -0.2) is 55.5 Å². The fourth-order valence-corrected chi connectivity index (χ4v) is 0.761. The van der Waals surface area contributed by atoms with E-state index in [1.807, 2.05) is 0 Å². The van der Waals surface area contributed by atoms with Crippen molar-refractivity contribution in [1.82, 2.24) is 4.90 Å². The summed E-state index contributed by atoms with van der Waals surface area (Å²) >= 11 is 0. The number of nitrogens with zero attached hydrogens (tertiary/aromatic N) is 1. The number of likely N-dealkylation sites (N-methyl/N-ethyl adjacent to an activating group) is 1. The zero-order valence-electron chi connectivity index (χ0n) is 7.28. The molecule has 2 N–H and O–H groups in total. The average molecular weight is 174 g/mol. The van der Waals surface area contributed by atoms with Gasteiger partial charge < -0.3 is 20.2 Å². The molecular formula is C7H14N2O3. The number of ether oxygens (including phenoxy) is 1. The normalized spacial score (nSPS) is 12.2. The summed E-state index contributed by atoms with van der Waals surface area (Å²) < 4.78 is 4.67. The van der Waals surface area contributed by atoms with Gasteiger partial charge in [-0.1, -0.05) is 0 Å². The first kappa shape index (κ1) is 11.1. The van der Waals surface area contributed by atoms with Crippen molar-refractivity contribution < 1.29 is 14.6 Å². The van der Waals surface area contributed by atoms with E-state index in [1.54, 1.807) is 0 Å². The standard InChI is InChI=1S/C7H14N2O3/c1-9(7(11)3-8)4-6(10)5-12-2/h3,6,8,10H,4-5H2,1-2H3/t6-/m1/s1. The number of hydrogen-bond acceptors (Lipinski definition) is 4. The molecule has 1 atom stereocenters. The molecule has 0 heterocycles. The smallest absolute Gasteiger partial charge is 0.264 e. The lowest BCUT2D eigenvalue weighted by atomic mass is 10.3. The Hall–Kier alpha value is -0.940. The maximum atomic E-state index is 10.8. The molecule has 70 valence electrons. The van der Waals surface area contributed by atoms with E-state index in [-0.39, 0.29) is 13.2 Å². The van der Waals surface area contributed by atoms with Crippen LogP contribution in [0.2, 0.25) is 0 Å². The number of hydrogen-bond donors (Lipinski definition) is 2. The molecule has 0 aliphatic rings. The molecular weight excluding hydrogens is 160 g/mol. The molecule has 0 radical (unpaired) electrons. The Morgan fingerprint density at radius 3 is 2.83 bits per heavy atom. The zero-order chi connectivity index (χ0) is 9.56. The summed E-state index contributed by atoms with van der Waals surface area (Å²) in [7, 11) is 2.99. The van der Waals surface area contributed by atoms with Crippen LogP contribution in [0.15, 0.2) is 0 Å². The lowest BCUT2D eigenvalue weighted by Gasteiger charge is -2.18. The third-order valence-corrected chi connectivity index (χ3v) is 1.34. The molecule has 1 amide bonds. The van der Waals surface area contributed by atoms with Crippen LogP contribution in [0.4, 0.5) is 0 Å². The van der Waals surface area contributed by atoms with Crippen molar-refractivity contribution in [2.24, 2.45) is 0 Å². The van der Waals surface area contributed by atoms with Crippen molar-refractivity contribution in [3.63, 3.8) is 0 Å². The van der Waals surface area contributed by atoms with Crippen molar-refractivity contribution >= 4 is 12.1 Å². The summed E-state index contributed by atoms with van der Waals surface area (Å²) in [6, 6.07) is 0. The molecule has 12 heavy (non-hydrogen) atoms. The van der Waals surface area contributed by atoms with Gasteiger partial charge >= 0.3 is 0 Å². The first-order chi connectivity index (χ1) is 5.61. The number of amides is 1. The minimum atomic E-state index is -0.691. The molecule has 0 aromatic heterocycles. The fourth-order valence-electron chi connectivity index (χ4n) is 0.761. The number of carbonyl (C=O) groups excluding carboxylic acids is 1. The third kappa shape index (κ3) is 4.05. The molecule has 0 saturated carbocycles. The summed E-state index contributed by atoms with van der Waals surface area (Å²) in [5.41, 5.74) is 0. The van der Waals surface area contributed by atoms with Gasteiger partial charge in [-0.05, 0) is 0 Å². The number of methoxy groups -OCH3 is 1. The molecule has 0 aromatic rings. The van der Waals surface area contributed by atoms with E-state index < -0.39 is 12.0 Å². The predicted molar refractivity (Wildman–Crippen MR) is 44.3 cm³/mol. The van der Waals surface area contributed by atoms with Crippen LogP contribution < -0.4 is 0 Å². The van der Waals surface area contributed by atoms with Gasteiger partial charge in [-0.2, -0.15) is 0 Å². The van der Waals surface area contributed by atoms with Gasteiger partial charge in [0.05, 0.1) is 18.9 Å². The van der Waals surface area contributed by atoms with Crippen LogP contribution >= 0.6 is 0 Å². The van der Waals surface area contributed by atoms with Crippen molar-refractivity contribution in [1.29, 1.82) is 5.41 Å². The van der Waals surface area contributed by atoms with Crippen molar-refractivity contribution in [3.05, 3.63) is 0 Å². The van der Waals surface area contributed by atoms with Gasteiger partial charge in [0.2, 0.25) is 0 Å². The van der Waals surface area contributed by atoms with E-state index in [4.69, 9.17) is 10.5 Å². The van der Waals surface area contributed by atoms with Gasteiger partial charge in [-0.15, -0.1) is 0 Å². The topological polar surface area (TPSA) is 73.6 Å². The van der Waals surface area contributed by atoms with Gasteiger partial charge in [-0.25, -0.2) is 0 Å². The molecule has 0 spiro atoms. The average Bonchev–Trinajstić information content (AvgIpc) is 2.03. The second-order valence-electron chi connectivity index (χ2n) is 2.47. The van der Waals surface area contributed by atoms with Gasteiger partial charge in [-0.3, -0.25) is 4.79 Å². The van der Waals surface area contributed by atoms with E-state index in [2.05, 4.69) is 4.74 Å². The van der Waals surface area contributed by atoms with E-state index in [1.165, 1.54) is 19.1 Å². The van der Waals surface area contributed by atoms with Gasteiger partial charge in [0.1, 0.15) is 0 Å². The molecule has 0 aliphatic carbocycles. The van der Waals surface area contributed by atoms with E-state index in [0.717, 1.165) is 0 Å². The van der Waals surface area contributed by atoms with Crippen molar-refractivity contribution in [2.75, 3.05) is 27.3 Å². The van der Waals surface area contributed by atoms with Crippen LogP contribution in [-0.2, 0) is 9.53 Å². The lowest BCUT2D eigenvalue weighted by Crippen LogP contribution is -2.36. The Kier molecular flexibility index (Phi) is 5.23.